The summed E-state index contributed by atoms with van der Waals surface area (Å²) in [6.45, 7) is 7.26. The highest BCUT2D eigenvalue weighted by atomic mass is 16.4. The van der Waals surface area contributed by atoms with Gasteiger partial charge in [0.05, 0.1) is 5.71 Å². The lowest BCUT2D eigenvalue weighted by molar-refractivity contribution is 0.157. The summed E-state index contributed by atoms with van der Waals surface area (Å²) in [5.74, 6) is 0.713. The van der Waals surface area contributed by atoms with Crippen LogP contribution in [0.15, 0.2) is 5.16 Å². The number of likely N-dealkylation sites (tertiary alicyclic amines) is 1. The van der Waals surface area contributed by atoms with Crippen LogP contribution >= 0.6 is 0 Å². The number of rotatable bonds is 4. The minimum Gasteiger partial charge on any atom is -0.411 e. The summed E-state index contributed by atoms with van der Waals surface area (Å²) < 4.78 is 0. The maximum atomic E-state index is 9.00. The van der Waals surface area contributed by atoms with Crippen LogP contribution in [0.5, 0.6) is 0 Å². The molecule has 4 nitrogen and oxygen atoms in total. The minimum absolute atomic E-state index is 0.244. The molecule has 0 aromatic carbocycles. The first-order valence-electron chi connectivity index (χ1n) is 5.75. The number of hydrogen-bond acceptors (Lipinski definition) is 4. The number of piperidine rings is 1. The normalized spacial score (nSPS) is 28.2. The highest BCUT2D eigenvalue weighted by Gasteiger charge is 2.25. The number of aliphatic hydroxyl groups is 1. The van der Waals surface area contributed by atoms with Crippen LogP contribution in [0.1, 0.15) is 26.7 Å². The number of aliphatic hydroxyl groups excluding tert-OH is 1. The first-order valence-corrected chi connectivity index (χ1v) is 5.75. The Balaban J connectivity index is 2.46. The highest BCUT2D eigenvalue weighted by Crippen LogP contribution is 2.18. The fourth-order valence-corrected chi connectivity index (χ4v) is 2.15. The third kappa shape index (κ3) is 3.47. The van der Waals surface area contributed by atoms with Gasteiger partial charge in [-0.05, 0) is 12.3 Å². The van der Waals surface area contributed by atoms with Crippen molar-refractivity contribution >= 4 is 5.71 Å². The molecule has 2 N–H and O–H groups in total. The Bertz CT molecular complexity index is 219. The van der Waals surface area contributed by atoms with Crippen molar-refractivity contribution in [2.75, 3.05) is 26.2 Å². The lowest BCUT2D eigenvalue weighted by Crippen LogP contribution is -2.42. The fraction of sp³-hybridized carbons (Fsp3) is 0.909. The second kappa shape index (κ2) is 6.08. The van der Waals surface area contributed by atoms with Gasteiger partial charge in [-0.15, -0.1) is 0 Å². The SMILES string of the molecule is CCC1CN(CC(C)CO)CCC1=NO. The van der Waals surface area contributed by atoms with E-state index in [1.165, 1.54) is 0 Å². The van der Waals surface area contributed by atoms with Gasteiger partial charge in [0.15, 0.2) is 0 Å². The van der Waals surface area contributed by atoms with E-state index in [1.54, 1.807) is 0 Å². The van der Waals surface area contributed by atoms with Crippen molar-refractivity contribution in [2.45, 2.75) is 26.7 Å². The van der Waals surface area contributed by atoms with E-state index in [0.29, 0.717) is 11.8 Å². The Morgan fingerprint density at radius 3 is 2.87 bits per heavy atom. The van der Waals surface area contributed by atoms with Crippen LogP contribution in [0.3, 0.4) is 0 Å². The molecule has 2 unspecified atom stereocenters. The molecule has 0 spiro atoms. The van der Waals surface area contributed by atoms with Gasteiger partial charge in [-0.3, -0.25) is 0 Å². The van der Waals surface area contributed by atoms with Gasteiger partial charge in [0.25, 0.3) is 0 Å². The van der Waals surface area contributed by atoms with Gasteiger partial charge in [-0.1, -0.05) is 19.0 Å². The van der Waals surface area contributed by atoms with E-state index in [4.69, 9.17) is 10.3 Å². The van der Waals surface area contributed by atoms with Gasteiger partial charge in [-0.2, -0.15) is 0 Å². The summed E-state index contributed by atoms with van der Waals surface area (Å²) in [5, 5.41) is 21.2. The first-order chi connectivity index (χ1) is 7.21. The molecular formula is C11H22N2O2. The zero-order valence-corrected chi connectivity index (χ0v) is 9.69. The van der Waals surface area contributed by atoms with Gasteiger partial charge in [-0.25, -0.2) is 0 Å². The Hall–Kier alpha value is -0.610. The molecule has 4 heteroatoms. The Kier molecular flexibility index (Phi) is 5.05. The molecule has 0 aromatic heterocycles. The van der Waals surface area contributed by atoms with Crippen LogP contribution in [0.4, 0.5) is 0 Å². The van der Waals surface area contributed by atoms with Crippen molar-refractivity contribution in [1.29, 1.82) is 0 Å². The lowest BCUT2D eigenvalue weighted by atomic mass is 9.92. The van der Waals surface area contributed by atoms with Gasteiger partial charge >= 0.3 is 0 Å². The maximum absolute atomic E-state index is 9.00. The van der Waals surface area contributed by atoms with Crippen molar-refractivity contribution in [3.8, 4) is 0 Å². The molecule has 1 fully saturated rings. The third-order valence-corrected chi connectivity index (χ3v) is 3.14. The topological polar surface area (TPSA) is 56.1 Å². The zero-order chi connectivity index (χ0) is 11.3. The average molecular weight is 214 g/mol. The Morgan fingerprint density at radius 1 is 1.60 bits per heavy atom. The maximum Gasteiger partial charge on any atom is 0.0627 e. The van der Waals surface area contributed by atoms with Crippen LogP contribution in [0, 0.1) is 11.8 Å². The molecule has 1 saturated heterocycles. The van der Waals surface area contributed by atoms with Crippen LogP contribution in [-0.4, -0.2) is 47.2 Å². The standard InChI is InChI=1S/C11H22N2O2/c1-3-10-7-13(6-9(2)8-14)5-4-11(10)12-15/h9-10,14-15H,3-8H2,1-2H3. The Labute approximate surface area is 91.6 Å². The summed E-state index contributed by atoms with van der Waals surface area (Å²) in [5.41, 5.74) is 0.936. The van der Waals surface area contributed by atoms with E-state index in [9.17, 15) is 0 Å². The molecule has 0 aliphatic carbocycles. The molecule has 2 atom stereocenters. The molecular weight excluding hydrogens is 192 g/mol. The smallest absolute Gasteiger partial charge is 0.0627 e. The van der Waals surface area contributed by atoms with E-state index in [1.807, 2.05) is 0 Å². The quantitative estimate of drug-likeness (QED) is 0.545. The fourth-order valence-electron chi connectivity index (χ4n) is 2.15. The second-order valence-electron chi connectivity index (χ2n) is 4.49. The van der Waals surface area contributed by atoms with E-state index in [2.05, 4.69) is 23.9 Å². The van der Waals surface area contributed by atoms with Crippen molar-refractivity contribution in [1.82, 2.24) is 4.90 Å². The van der Waals surface area contributed by atoms with Crippen molar-refractivity contribution in [3.63, 3.8) is 0 Å². The molecule has 15 heavy (non-hydrogen) atoms. The zero-order valence-electron chi connectivity index (χ0n) is 9.69. The molecule has 0 aromatic rings. The van der Waals surface area contributed by atoms with Gasteiger partial charge in [0, 0.05) is 38.6 Å². The summed E-state index contributed by atoms with van der Waals surface area (Å²) in [7, 11) is 0. The van der Waals surface area contributed by atoms with Crippen molar-refractivity contribution < 1.29 is 10.3 Å². The van der Waals surface area contributed by atoms with E-state index in [0.717, 1.165) is 38.2 Å². The largest absolute Gasteiger partial charge is 0.411 e. The summed E-state index contributed by atoms with van der Waals surface area (Å²) in [6, 6.07) is 0. The average Bonchev–Trinajstić information content (AvgIpc) is 2.28. The summed E-state index contributed by atoms with van der Waals surface area (Å²) in [6.07, 6.45) is 1.87. The molecule has 0 amide bonds. The number of hydrogen-bond donors (Lipinski definition) is 2. The van der Waals surface area contributed by atoms with Gasteiger partial charge in [0.2, 0.25) is 0 Å². The molecule has 1 aliphatic heterocycles. The van der Waals surface area contributed by atoms with Crippen LogP contribution < -0.4 is 0 Å². The number of oxime groups is 1. The monoisotopic (exact) mass is 214 g/mol. The molecule has 0 bridgehead atoms. The second-order valence-corrected chi connectivity index (χ2v) is 4.49. The molecule has 0 radical (unpaired) electrons. The predicted octanol–water partition coefficient (Wildman–Crippen LogP) is 1.18. The Morgan fingerprint density at radius 2 is 2.33 bits per heavy atom. The van der Waals surface area contributed by atoms with Gasteiger partial charge < -0.3 is 15.2 Å². The summed E-state index contributed by atoms with van der Waals surface area (Å²) in [4.78, 5) is 2.35. The molecule has 1 rings (SSSR count). The molecule has 1 heterocycles. The van der Waals surface area contributed by atoms with Crippen molar-refractivity contribution in [2.24, 2.45) is 17.0 Å². The highest BCUT2D eigenvalue weighted by molar-refractivity contribution is 5.87. The predicted molar refractivity (Wildman–Crippen MR) is 60.3 cm³/mol. The van der Waals surface area contributed by atoms with Crippen molar-refractivity contribution in [3.05, 3.63) is 0 Å². The first kappa shape index (κ1) is 12.5. The van der Waals surface area contributed by atoms with E-state index >= 15 is 0 Å². The number of nitrogens with zero attached hydrogens (tertiary/aromatic N) is 2. The minimum atomic E-state index is 0.244. The van der Waals surface area contributed by atoms with E-state index in [-0.39, 0.29) is 6.61 Å². The van der Waals surface area contributed by atoms with Crippen LogP contribution in [-0.2, 0) is 0 Å². The lowest BCUT2D eigenvalue weighted by Gasteiger charge is -2.34. The molecule has 0 saturated carbocycles. The van der Waals surface area contributed by atoms with Gasteiger partial charge in [0.1, 0.15) is 0 Å². The molecule has 1 aliphatic rings. The third-order valence-electron chi connectivity index (χ3n) is 3.14. The molecule has 88 valence electrons. The van der Waals surface area contributed by atoms with E-state index < -0.39 is 0 Å². The summed E-state index contributed by atoms with van der Waals surface area (Å²) >= 11 is 0. The van der Waals surface area contributed by atoms with Crippen LogP contribution in [0.25, 0.3) is 0 Å². The van der Waals surface area contributed by atoms with Crippen LogP contribution in [0.2, 0.25) is 0 Å².